The van der Waals surface area contributed by atoms with Crippen LogP contribution in [-0.2, 0) is 20.9 Å². The third-order valence-corrected chi connectivity index (χ3v) is 3.73. The third-order valence-electron chi connectivity index (χ3n) is 3.48. The number of hydrogen-bond donors (Lipinski definition) is 1. The Morgan fingerprint density at radius 3 is 2.46 bits per heavy atom. The molecular formula is C18H14ClN5O4. The number of carbonyl (C=O) groups is 3. The molecule has 0 aliphatic rings. The van der Waals surface area contributed by atoms with Gasteiger partial charge in [-0.2, -0.15) is 4.80 Å². The standard InChI is InChI=1S/C18H14ClN5O4/c19-14-8-6-12(7-9-14)17-21-23-24(22-17)10-16(26)28-11-15(25)20-18(27)13-4-2-1-3-5-13/h1-9H,10-11H2,(H,20,25,27). The Morgan fingerprint density at radius 1 is 1.04 bits per heavy atom. The molecule has 1 heterocycles. The summed E-state index contributed by atoms with van der Waals surface area (Å²) in [5.74, 6) is -1.75. The molecule has 0 aliphatic carbocycles. The first-order valence-corrected chi connectivity index (χ1v) is 8.47. The van der Waals surface area contributed by atoms with E-state index in [-0.39, 0.29) is 6.54 Å². The van der Waals surface area contributed by atoms with E-state index >= 15 is 0 Å². The van der Waals surface area contributed by atoms with E-state index in [0.29, 0.717) is 22.0 Å². The highest BCUT2D eigenvalue weighted by atomic mass is 35.5. The first-order chi connectivity index (χ1) is 13.5. The van der Waals surface area contributed by atoms with Crippen LogP contribution in [0.5, 0.6) is 0 Å². The Morgan fingerprint density at radius 2 is 1.75 bits per heavy atom. The second kappa shape index (κ2) is 8.87. The molecule has 0 aliphatic heterocycles. The van der Waals surface area contributed by atoms with Crippen LogP contribution in [-0.4, -0.2) is 44.6 Å². The number of hydrogen-bond acceptors (Lipinski definition) is 7. The molecule has 1 N–H and O–H groups in total. The molecule has 0 unspecified atom stereocenters. The summed E-state index contributed by atoms with van der Waals surface area (Å²) in [6, 6.07) is 15.0. The molecule has 10 heteroatoms. The lowest BCUT2D eigenvalue weighted by Crippen LogP contribution is -2.34. The van der Waals surface area contributed by atoms with Crippen LogP contribution in [0.15, 0.2) is 54.6 Å². The number of aromatic nitrogens is 4. The van der Waals surface area contributed by atoms with Crippen molar-refractivity contribution in [1.82, 2.24) is 25.5 Å². The second-order valence-corrected chi connectivity index (χ2v) is 5.99. The Balaban J connectivity index is 1.47. The summed E-state index contributed by atoms with van der Waals surface area (Å²) in [5, 5.41) is 14.4. The van der Waals surface area contributed by atoms with Gasteiger partial charge in [-0.05, 0) is 41.6 Å². The van der Waals surface area contributed by atoms with Gasteiger partial charge in [0.1, 0.15) is 0 Å². The van der Waals surface area contributed by atoms with Crippen molar-refractivity contribution in [1.29, 1.82) is 0 Å². The summed E-state index contributed by atoms with van der Waals surface area (Å²) in [6.45, 7) is -0.934. The molecule has 0 radical (unpaired) electrons. The maximum Gasteiger partial charge on any atom is 0.330 e. The van der Waals surface area contributed by atoms with Crippen molar-refractivity contribution < 1.29 is 19.1 Å². The Hall–Kier alpha value is -3.59. The number of halogens is 1. The second-order valence-electron chi connectivity index (χ2n) is 5.55. The van der Waals surface area contributed by atoms with E-state index in [9.17, 15) is 14.4 Å². The first-order valence-electron chi connectivity index (χ1n) is 8.10. The van der Waals surface area contributed by atoms with E-state index in [2.05, 4.69) is 20.7 Å². The number of tetrazole rings is 1. The number of benzene rings is 2. The Labute approximate surface area is 164 Å². The lowest BCUT2D eigenvalue weighted by Gasteiger charge is -2.05. The van der Waals surface area contributed by atoms with Crippen molar-refractivity contribution in [3.8, 4) is 11.4 Å². The largest absolute Gasteiger partial charge is 0.454 e. The zero-order valence-electron chi connectivity index (χ0n) is 14.4. The summed E-state index contributed by atoms with van der Waals surface area (Å²) >= 11 is 5.82. The van der Waals surface area contributed by atoms with Gasteiger partial charge in [0, 0.05) is 16.1 Å². The van der Waals surface area contributed by atoms with E-state index in [1.54, 1.807) is 54.6 Å². The van der Waals surface area contributed by atoms with E-state index in [1.165, 1.54) is 0 Å². The van der Waals surface area contributed by atoms with E-state index in [0.717, 1.165) is 4.80 Å². The van der Waals surface area contributed by atoms with Gasteiger partial charge in [-0.3, -0.25) is 14.9 Å². The van der Waals surface area contributed by atoms with Gasteiger partial charge in [0.2, 0.25) is 5.82 Å². The highest BCUT2D eigenvalue weighted by molar-refractivity contribution is 6.30. The summed E-state index contributed by atoms with van der Waals surface area (Å²) < 4.78 is 4.83. The molecule has 1 aromatic heterocycles. The normalized spacial score (nSPS) is 10.3. The number of carbonyl (C=O) groups excluding carboxylic acids is 3. The number of ether oxygens (including phenoxy) is 1. The van der Waals surface area contributed by atoms with Crippen molar-refractivity contribution in [3.05, 3.63) is 65.2 Å². The van der Waals surface area contributed by atoms with E-state index in [1.807, 2.05) is 0 Å². The zero-order valence-corrected chi connectivity index (χ0v) is 15.2. The lowest BCUT2D eigenvalue weighted by molar-refractivity contribution is -0.149. The van der Waals surface area contributed by atoms with Gasteiger partial charge in [0.25, 0.3) is 11.8 Å². The first kappa shape index (κ1) is 19.2. The van der Waals surface area contributed by atoms with Gasteiger partial charge in [0.05, 0.1) is 0 Å². The molecule has 0 fully saturated rings. The zero-order chi connectivity index (χ0) is 19.9. The van der Waals surface area contributed by atoms with Gasteiger partial charge in [0.15, 0.2) is 13.2 Å². The van der Waals surface area contributed by atoms with Crippen molar-refractivity contribution in [3.63, 3.8) is 0 Å². The molecule has 0 spiro atoms. The highest BCUT2D eigenvalue weighted by Gasteiger charge is 2.14. The van der Waals surface area contributed by atoms with Crippen LogP contribution < -0.4 is 5.32 Å². The molecule has 3 aromatic rings. The predicted octanol–water partition coefficient (Wildman–Crippen LogP) is 1.49. The number of amides is 2. The maximum absolute atomic E-state index is 11.8. The van der Waals surface area contributed by atoms with E-state index < -0.39 is 24.4 Å². The molecule has 0 saturated carbocycles. The molecule has 0 saturated heterocycles. The fourth-order valence-electron chi connectivity index (χ4n) is 2.16. The van der Waals surface area contributed by atoms with Crippen LogP contribution in [0, 0.1) is 0 Å². The SMILES string of the molecule is O=C(COC(=O)Cn1nnc(-c2ccc(Cl)cc2)n1)NC(=O)c1ccccc1. The number of imide groups is 1. The summed E-state index contributed by atoms with van der Waals surface area (Å²) in [7, 11) is 0. The maximum atomic E-state index is 11.8. The van der Waals surface area contributed by atoms with Gasteiger partial charge >= 0.3 is 5.97 Å². The quantitative estimate of drug-likeness (QED) is 0.624. The minimum absolute atomic E-state index is 0.315. The highest BCUT2D eigenvalue weighted by Crippen LogP contribution is 2.16. The number of rotatable bonds is 6. The molecule has 9 nitrogen and oxygen atoms in total. The molecule has 28 heavy (non-hydrogen) atoms. The molecule has 2 aromatic carbocycles. The van der Waals surface area contributed by atoms with Gasteiger partial charge < -0.3 is 4.74 Å². The average Bonchev–Trinajstić information content (AvgIpc) is 3.16. The molecule has 2 amide bonds. The molecule has 142 valence electrons. The fourth-order valence-corrected chi connectivity index (χ4v) is 2.28. The van der Waals surface area contributed by atoms with Crippen molar-refractivity contribution in [2.24, 2.45) is 0 Å². The van der Waals surface area contributed by atoms with Gasteiger partial charge in [-0.15, -0.1) is 10.2 Å². The number of nitrogens with zero attached hydrogens (tertiary/aromatic N) is 4. The summed E-state index contributed by atoms with van der Waals surface area (Å²) in [5.41, 5.74) is 1.01. The van der Waals surface area contributed by atoms with Gasteiger partial charge in [-0.25, -0.2) is 4.79 Å². The summed E-state index contributed by atoms with van der Waals surface area (Å²) in [6.07, 6.45) is 0. The summed E-state index contributed by atoms with van der Waals surface area (Å²) in [4.78, 5) is 36.4. The van der Waals surface area contributed by atoms with Crippen molar-refractivity contribution in [2.45, 2.75) is 6.54 Å². The van der Waals surface area contributed by atoms with Crippen LogP contribution in [0.25, 0.3) is 11.4 Å². The Bertz CT molecular complexity index is 989. The van der Waals surface area contributed by atoms with Crippen molar-refractivity contribution in [2.75, 3.05) is 6.61 Å². The average molecular weight is 400 g/mol. The number of esters is 1. The predicted molar refractivity (Wildman–Crippen MR) is 98.1 cm³/mol. The minimum Gasteiger partial charge on any atom is -0.454 e. The van der Waals surface area contributed by atoms with Crippen LogP contribution in [0.2, 0.25) is 5.02 Å². The van der Waals surface area contributed by atoms with Crippen LogP contribution in [0.3, 0.4) is 0 Å². The fraction of sp³-hybridized carbons (Fsp3) is 0.111. The molecule has 0 bridgehead atoms. The Kier molecular flexibility index (Phi) is 6.07. The topological polar surface area (TPSA) is 116 Å². The van der Waals surface area contributed by atoms with Crippen LogP contribution >= 0.6 is 11.6 Å². The van der Waals surface area contributed by atoms with Gasteiger partial charge in [-0.1, -0.05) is 29.8 Å². The van der Waals surface area contributed by atoms with Crippen molar-refractivity contribution >= 4 is 29.4 Å². The third kappa shape index (κ3) is 5.21. The van der Waals surface area contributed by atoms with Crippen LogP contribution in [0.1, 0.15) is 10.4 Å². The van der Waals surface area contributed by atoms with E-state index in [4.69, 9.17) is 16.3 Å². The minimum atomic E-state index is -0.748. The molecule has 0 atom stereocenters. The number of nitrogens with one attached hydrogen (secondary N) is 1. The lowest BCUT2D eigenvalue weighted by atomic mass is 10.2. The molecule has 3 rings (SSSR count). The van der Waals surface area contributed by atoms with Crippen LogP contribution in [0.4, 0.5) is 0 Å². The molecular weight excluding hydrogens is 386 g/mol. The monoisotopic (exact) mass is 399 g/mol. The smallest absolute Gasteiger partial charge is 0.330 e.